The van der Waals surface area contributed by atoms with Crippen molar-refractivity contribution in [1.82, 2.24) is 15.3 Å². The number of rotatable bonds is 2. The van der Waals surface area contributed by atoms with Gasteiger partial charge in [0.25, 0.3) is 0 Å². The van der Waals surface area contributed by atoms with E-state index in [2.05, 4.69) is 15.3 Å². The third-order valence-electron chi connectivity index (χ3n) is 2.84. The summed E-state index contributed by atoms with van der Waals surface area (Å²) in [4.78, 5) is 8.75. The standard InChI is InChI=1S/C12H13N3O/c1-3-9(13-6-1)10-5-7-14-12(15-10)11-4-2-8-16-11/h2,4-5,7-9,13H,1,3,6H2. The first-order valence-corrected chi connectivity index (χ1v) is 5.54. The first-order chi connectivity index (χ1) is 7.93. The number of nitrogens with zero attached hydrogens (tertiary/aromatic N) is 2. The maximum Gasteiger partial charge on any atom is 0.195 e. The maximum atomic E-state index is 5.29. The van der Waals surface area contributed by atoms with Gasteiger partial charge in [-0.15, -0.1) is 0 Å². The van der Waals surface area contributed by atoms with Gasteiger partial charge in [-0.2, -0.15) is 0 Å². The van der Waals surface area contributed by atoms with E-state index in [0.717, 1.165) is 24.4 Å². The van der Waals surface area contributed by atoms with Crippen molar-refractivity contribution in [2.75, 3.05) is 6.54 Å². The lowest BCUT2D eigenvalue weighted by Gasteiger charge is -2.09. The highest BCUT2D eigenvalue weighted by atomic mass is 16.3. The molecule has 2 aromatic heterocycles. The van der Waals surface area contributed by atoms with Crippen LogP contribution < -0.4 is 5.32 Å². The van der Waals surface area contributed by atoms with Gasteiger partial charge < -0.3 is 9.73 Å². The third-order valence-corrected chi connectivity index (χ3v) is 2.84. The van der Waals surface area contributed by atoms with Crippen molar-refractivity contribution in [2.24, 2.45) is 0 Å². The van der Waals surface area contributed by atoms with E-state index in [1.807, 2.05) is 18.2 Å². The Hall–Kier alpha value is -1.68. The van der Waals surface area contributed by atoms with Gasteiger partial charge in [0, 0.05) is 12.2 Å². The number of aromatic nitrogens is 2. The van der Waals surface area contributed by atoms with E-state index >= 15 is 0 Å². The van der Waals surface area contributed by atoms with Crippen molar-refractivity contribution in [1.29, 1.82) is 0 Å². The summed E-state index contributed by atoms with van der Waals surface area (Å²) < 4.78 is 5.29. The predicted octanol–water partition coefficient (Wildman–Crippen LogP) is 2.16. The Bertz CT molecular complexity index is 461. The summed E-state index contributed by atoms with van der Waals surface area (Å²) in [5.74, 6) is 1.39. The fourth-order valence-corrected chi connectivity index (χ4v) is 2.03. The smallest absolute Gasteiger partial charge is 0.195 e. The van der Waals surface area contributed by atoms with Gasteiger partial charge in [0.05, 0.1) is 12.0 Å². The molecule has 1 aliphatic heterocycles. The Labute approximate surface area is 93.7 Å². The Morgan fingerprint density at radius 2 is 2.38 bits per heavy atom. The fourth-order valence-electron chi connectivity index (χ4n) is 2.03. The van der Waals surface area contributed by atoms with Crippen LogP contribution in [0.2, 0.25) is 0 Å². The normalized spacial score (nSPS) is 20.1. The largest absolute Gasteiger partial charge is 0.461 e. The number of hydrogen-bond donors (Lipinski definition) is 1. The molecule has 2 aromatic rings. The van der Waals surface area contributed by atoms with E-state index in [9.17, 15) is 0 Å². The molecule has 0 radical (unpaired) electrons. The molecule has 3 heterocycles. The highest BCUT2D eigenvalue weighted by Gasteiger charge is 2.18. The minimum atomic E-state index is 0.372. The lowest BCUT2D eigenvalue weighted by molar-refractivity contribution is 0.573. The van der Waals surface area contributed by atoms with Gasteiger partial charge >= 0.3 is 0 Å². The Morgan fingerprint density at radius 1 is 1.38 bits per heavy atom. The van der Waals surface area contributed by atoms with E-state index in [1.54, 1.807) is 12.5 Å². The molecule has 0 amide bonds. The van der Waals surface area contributed by atoms with Crippen molar-refractivity contribution in [3.05, 3.63) is 36.4 Å². The molecule has 0 spiro atoms. The van der Waals surface area contributed by atoms with Crippen LogP contribution in [0.5, 0.6) is 0 Å². The average Bonchev–Trinajstić information content (AvgIpc) is 3.03. The Kier molecular flexibility index (Phi) is 2.42. The molecule has 82 valence electrons. The molecule has 0 aromatic carbocycles. The van der Waals surface area contributed by atoms with Crippen LogP contribution in [0.1, 0.15) is 24.6 Å². The summed E-state index contributed by atoms with van der Waals surface area (Å²) in [5.41, 5.74) is 1.05. The topological polar surface area (TPSA) is 51.0 Å². The molecule has 1 aliphatic rings. The SMILES string of the molecule is c1coc(-c2nccc(C3CCCN3)n2)c1. The van der Waals surface area contributed by atoms with Crippen LogP contribution in [0.15, 0.2) is 35.1 Å². The fraction of sp³-hybridized carbons (Fsp3) is 0.333. The zero-order valence-electron chi connectivity index (χ0n) is 8.89. The molecule has 0 bridgehead atoms. The molecule has 1 atom stereocenters. The minimum Gasteiger partial charge on any atom is -0.461 e. The highest BCUT2D eigenvalue weighted by molar-refractivity contribution is 5.45. The second kappa shape index (κ2) is 4.06. The van der Waals surface area contributed by atoms with Crippen molar-refractivity contribution in [3.8, 4) is 11.6 Å². The molecular weight excluding hydrogens is 202 g/mol. The van der Waals surface area contributed by atoms with Crippen LogP contribution in [0, 0.1) is 0 Å². The van der Waals surface area contributed by atoms with E-state index < -0.39 is 0 Å². The molecule has 4 nitrogen and oxygen atoms in total. The molecule has 1 saturated heterocycles. The monoisotopic (exact) mass is 215 g/mol. The summed E-state index contributed by atoms with van der Waals surface area (Å²) >= 11 is 0. The van der Waals surface area contributed by atoms with Crippen molar-refractivity contribution < 1.29 is 4.42 Å². The summed E-state index contributed by atoms with van der Waals surface area (Å²) in [5, 5.41) is 3.42. The molecule has 16 heavy (non-hydrogen) atoms. The molecule has 1 N–H and O–H groups in total. The Morgan fingerprint density at radius 3 is 3.12 bits per heavy atom. The van der Waals surface area contributed by atoms with E-state index in [4.69, 9.17) is 4.42 Å². The van der Waals surface area contributed by atoms with Crippen LogP contribution in [0.4, 0.5) is 0 Å². The van der Waals surface area contributed by atoms with Crippen LogP contribution in [0.25, 0.3) is 11.6 Å². The first kappa shape index (κ1) is 9.54. The number of hydrogen-bond acceptors (Lipinski definition) is 4. The molecule has 3 rings (SSSR count). The second-order valence-corrected chi connectivity index (χ2v) is 3.93. The van der Waals surface area contributed by atoms with Crippen LogP contribution in [-0.4, -0.2) is 16.5 Å². The molecule has 1 unspecified atom stereocenters. The number of furan rings is 1. The van der Waals surface area contributed by atoms with Gasteiger partial charge in [0.2, 0.25) is 0 Å². The van der Waals surface area contributed by atoms with Gasteiger partial charge in [0.1, 0.15) is 0 Å². The van der Waals surface area contributed by atoms with Crippen molar-refractivity contribution >= 4 is 0 Å². The zero-order valence-corrected chi connectivity index (χ0v) is 8.89. The molecular formula is C12H13N3O. The van der Waals surface area contributed by atoms with Gasteiger partial charge in [-0.3, -0.25) is 0 Å². The van der Waals surface area contributed by atoms with Gasteiger partial charge in [-0.1, -0.05) is 0 Å². The first-order valence-electron chi connectivity index (χ1n) is 5.54. The highest BCUT2D eigenvalue weighted by Crippen LogP contribution is 2.23. The third kappa shape index (κ3) is 1.72. The quantitative estimate of drug-likeness (QED) is 0.834. The van der Waals surface area contributed by atoms with Gasteiger partial charge in [0.15, 0.2) is 11.6 Å². The van der Waals surface area contributed by atoms with Crippen LogP contribution in [-0.2, 0) is 0 Å². The molecule has 1 fully saturated rings. The van der Waals surface area contributed by atoms with Crippen molar-refractivity contribution in [3.63, 3.8) is 0 Å². The Balaban J connectivity index is 1.93. The van der Waals surface area contributed by atoms with Crippen molar-refractivity contribution in [2.45, 2.75) is 18.9 Å². The lowest BCUT2D eigenvalue weighted by Crippen LogP contribution is -2.14. The zero-order chi connectivity index (χ0) is 10.8. The molecule has 0 saturated carbocycles. The number of nitrogens with one attached hydrogen (secondary N) is 1. The summed E-state index contributed by atoms with van der Waals surface area (Å²) in [6.45, 7) is 1.07. The minimum absolute atomic E-state index is 0.372. The van der Waals surface area contributed by atoms with Crippen LogP contribution >= 0.6 is 0 Å². The maximum absolute atomic E-state index is 5.29. The molecule has 4 heteroatoms. The van der Waals surface area contributed by atoms with E-state index in [0.29, 0.717) is 11.9 Å². The summed E-state index contributed by atoms with van der Waals surface area (Å²) in [6, 6.07) is 6.06. The van der Waals surface area contributed by atoms with Gasteiger partial charge in [-0.05, 0) is 37.6 Å². The predicted molar refractivity (Wildman–Crippen MR) is 59.7 cm³/mol. The lowest BCUT2D eigenvalue weighted by atomic mass is 10.1. The summed E-state index contributed by atoms with van der Waals surface area (Å²) in [6.07, 6.45) is 5.79. The average molecular weight is 215 g/mol. The van der Waals surface area contributed by atoms with Crippen LogP contribution in [0.3, 0.4) is 0 Å². The molecule has 0 aliphatic carbocycles. The van der Waals surface area contributed by atoms with E-state index in [1.165, 1.54) is 6.42 Å². The summed E-state index contributed by atoms with van der Waals surface area (Å²) in [7, 11) is 0. The second-order valence-electron chi connectivity index (χ2n) is 3.93. The van der Waals surface area contributed by atoms with E-state index in [-0.39, 0.29) is 0 Å². The van der Waals surface area contributed by atoms with Gasteiger partial charge in [-0.25, -0.2) is 9.97 Å².